The summed E-state index contributed by atoms with van der Waals surface area (Å²) in [5.41, 5.74) is -0.189. The number of hydrogen-bond acceptors (Lipinski definition) is 1. The number of alkyl halides is 3. The maximum atomic E-state index is 12.6. The molecule has 1 aromatic rings. The van der Waals surface area contributed by atoms with Gasteiger partial charge in [0.1, 0.15) is 0 Å². The molecule has 2 rings (SSSR count). The first-order valence-electron chi connectivity index (χ1n) is 4.91. The summed E-state index contributed by atoms with van der Waals surface area (Å²) in [6.07, 6.45) is -3.67. The molecule has 5 heteroatoms. The normalized spacial score (nSPS) is 24.6. The highest BCUT2D eigenvalue weighted by Crippen LogP contribution is 2.48. The second kappa shape index (κ2) is 3.93. The predicted molar refractivity (Wildman–Crippen MR) is 54.4 cm³/mol. The topological polar surface area (TPSA) is 20.2 Å². The summed E-state index contributed by atoms with van der Waals surface area (Å²) in [4.78, 5) is 0. The molecule has 1 aliphatic rings. The van der Waals surface area contributed by atoms with Gasteiger partial charge in [-0.1, -0.05) is 17.7 Å². The summed E-state index contributed by atoms with van der Waals surface area (Å²) in [6, 6.07) is 3.95. The third-order valence-electron chi connectivity index (χ3n) is 2.88. The lowest BCUT2D eigenvalue weighted by molar-refractivity contribution is -0.137. The Kier molecular flexibility index (Phi) is 2.88. The molecular weight excluding hydrogens is 241 g/mol. The van der Waals surface area contributed by atoms with Crippen molar-refractivity contribution >= 4 is 11.6 Å². The van der Waals surface area contributed by atoms with Gasteiger partial charge in [0.2, 0.25) is 0 Å². The predicted octanol–water partition coefficient (Wildman–Crippen LogP) is 3.45. The highest BCUT2D eigenvalue weighted by molar-refractivity contribution is 6.31. The van der Waals surface area contributed by atoms with Gasteiger partial charge in [-0.15, -0.1) is 0 Å². The molecule has 1 fully saturated rings. The smallest absolute Gasteiger partial charge is 0.396 e. The first-order chi connectivity index (χ1) is 7.43. The van der Waals surface area contributed by atoms with Crippen LogP contribution in [-0.2, 0) is 6.18 Å². The fourth-order valence-electron chi connectivity index (χ4n) is 1.85. The van der Waals surface area contributed by atoms with Crippen molar-refractivity contribution in [2.45, 2.75) is 18.5 Å². The zero-order valence-electron chi connectivity index (χ0n) is 8.26. The van der Waals surface area contributed by atoms with E-state index in [1.807, 2.05) is 0 Å². The Balaban J connectivity index is 2.30. The molecule has 0 spiro atoms. The monoisotopic (exact) mass is 250 g/mol. The van der Waals surface area contributed by atoms with E-state index in [-0.39, 0.29) is 23.5 Å². The molecule has 0 radical (unpaired) electrons. The van der Waals surface area contributed by atoms with Crippen molar-refractivity contribution in [2.75, 3.05) is 6.61 Å². The molecule has 1 aliphatic carbocycles. The van der Waals surface area contributed by atoms with Crippen molar-refractivity contribution < 1.29 is 18.3 Å². The molecule has 0 aliphatic heterocycles. The molecule has 1 saturated carbocycles. The minimum absolute atomic E-state index is 0.0225. The van der Waals surface area contributed by atoms with E-state index in [4.69, 9.17) is 16.7 Å². The van der Waals surface area contributed by atoms with Gasteiger partial charge in [-0.05, 0) is 36.0 Å². The van der Waals surface area contributed by atoms with Gasteiger partial charge in [0.25, 0.3) is 0 Å². The van der Waals surface area contributed by atoms with Crippen LogP contribution in [-0.4, -0.2) is 11.7 Å². The third kappa shape index (κ3) is 2.18. The number of benzene rings is 1. The average Bonchev–Trinajstić information content (AvgIpc) is 2.96. The van der Waals surface area contributed by atoms with E-state index in [2.05, 4.69) is 0 Å². The van der Waals surface area contributed by atoms with E-state index < -0.39 is 11.7 Å². The Morgan fingerprint density at radius 2 is 2.06 bits per heavy atom. The maximum absolute atomic E-state index is 12.6. The van der Waals surface area contributed by atoms with Crippen molar-refractivity contribution in [1.29, 1.82) is 0 Å². The van der Waals surface area contributed by atoms with E-state index in [1.165, 1.54) is 6.07 Å². The Labute approximate surface area is 95.8 Å². The van der Waals surface area contributed by atoms with Crippen LogP contribution >= 0.6 is 11.6 Å². The van der Waals surface area contributed by atoms with Crippen LogP contribution in [0.2, 0.25) is 5.02 Å². The number of rotatable bonds is 2. The molecule has 1 nitrogen and oxygen atoms in total. The number of hydrogen-bond donors (Lipinski definition) is 1. The largest absolute Gasteiger partial charge is 0.417 e. The van der Waals surface area contributed by atoms with Gasteiger partial charge in [0.05, 0.1) is 10.6 Å². The molecule has 0 bridgehead atoms. The molecule has 0 amide bonds. The van der Waals surface area contributed by atoms with Crippen LogP contribution in [0.25, 0.3) is 0 Å². The Bertz CT molecular complexity index is 403. The molecule has 0 aromatic heterocycles. The second-order valence-corrected chi connectivity index (χ2v) is 4.43. The van der Waals surface area contributed by atoms with Gasteiger partial charge in [0, 0.05) is 6.61 Å². The highest BCUT2D eigenvalue weighted by Gasteiger charge is 2.40. The molecule has 0 heterocycles. The van der Waals surface area contributed by atoms with Crippen molar-refractivity contribution in [3.05, 3.63) is 34.3 Å². The zero-order valence-corrected chi connectivity index (χ0v) is 9.02. The van der Waals surface area contributed by atoms with Crippen LogP contribution in [0, 0.1) is 5.92 Å². The minimum Gasteiger partial charge on any atom is -0.396 e. The summed E-state index contributed by atoms with van der Waals surface area (Å²) >= 11 is 5.51. The van der Waals surface area contributed by atoms with E-state index in [0.717, 1.165) is 12.5 Å². The van der Waals surface area contributed by atoms with Gasteiger partial charge in [-0.2, -0.15) is 13.2 Å². The summed E-state index contributed by atoms with van der Waals surface area (Å²) in [7, 11) is 0. The lowest BCUT2D eigenvalue weighted by Gasteiger charge is -2.10. The summed E-state index contributed by atoms with van der Waals surface area (Å²) in [5.74, 6) is 0.144. The van der Waals surface area contributed by atoms with Gasteiger partial charge in [-0.25, -0.2) is 0 Å². The molecule has 2 atom stereocenters. The van der Waals surface area contributed by atoms with E-state index in [9.17, 15) is 13.2 Å². The average molecular weight is 251 g/mol. The van der Waals surface area contributed by atoms with Gasteiger partial charge in [-0.3, -0.25) is 0 Å². The standard InChI is InChI=1S/C11H10ClF3O/c12-10-2-1-6(8-3-7(8)5-16)4-9(10)11(13,14)15/h1-2,4,7-8,16H,3,5H2/t7-,8+/m0/s1. The molecule has 1 N–H and O–H groups in total. The molecular formula is C11H10ClF3O. The van der Waals surface area contributed by atoms with Gasteiger partial charge >= 0.3 is 6.18 Å². The lowest BCUT2D eigenvalue weighted by atomic mass is 10.1. The summed E-state index contributed by atoms with van der Waals surface area (Å²) in [6.45, 7) is 0.0225. The molecule has 16 heavy (non-hydrogen) atoms. The number of aliphatic hydroxyl groups is 1. The van der Waals surface area contributed by atoms with Crippen molar-refractivity contribution in [2.24, 2.45) is 5.92 Å². The first kappa shape index (κ1) is 11.7. The van der Waals surface area contributed by atoms with Crippen LogP contribution in [0.3, 0.4) is 0 Å². The van der Waals surface area contributed by atoms with Crippen LogP contribution in [0.4, 0.5) is 13.2 Å². The molecule has 88 valence electrons. The summed E-state index contributed by atoms with van der Waals surface area (Å²) < 4.78 is 37.7. The quantitative estimate of drug-likeness (QED) is 0.852. The second-order valence-electron chi connectivity index (χ2n) is 4.02. The van der Waals surface area contributed by atoms with Crippen LogP contribution in [0.15, 0.2) is 18.2 Å². The van der Waals surface area contributed by atoms with E-state index in [1.54, 1.807) is 6.07 Å². The van der Waals surface area contributed by atoms with Gasteiger partial charge < -0.3 is 5.11 Å². The number of halogens is 4. The third-order valence-corrected chi connectivity index (χ3v) is 3.21. The fraction of sp³-hybridized carbons (Fsp3) is 0.455. The Morgan fingerprint density at radius 3 is 2.56 bits per heavy atom. The molecule has 1 aromatic carbocycles. The molecule has 0 unspecified atom stereocenters. The van der Waals surface area contributed by atoms with Crippen molar-refractivity contribution in [3.8, 4) is 0 Å². The fourth-order valence-corrected chi connectivity index (χ4v) is 2.07. The van der Waals surface area contributed by atoms with Crippen LogP contribution in [0.1, 0.15) is 23.5 Å². The number of aliphatic hydroxyl groups excluding tert-OH is 1. The Morgan fingerprint density at radius 1 is 1.38 bits per heavy atom. The molecule has 0 saturated heterocycles. The lowest BCUT2D eigenvalue weighted by Crippen LogP contribution is -2.06. The van der Waals surface area contributed by atoms with E-state index in [0.29, 0.717) is 5.56 Å². The van der Waals surface area contributed by atoms with Crippen molar-refractivity contribution in [1.82, 2.24) is 0 Å². The van der Waals surface area contributed by atoms with Crippen LogP contribution in [0.5, 0.6) is 0 Å². The maximum Gasteiger partial charge on any atom is 0.417 e. The Hall–Kier alpha value is -0.740. The summed E-state index contributed by atoms with van der Waals surface area (Å²) in [5, 5.41) is 8.59. The minimum atomic E-state index is -4.42. The van der Waals surface area contributed by atoms with E-state index >= 15 is 0 Å². The van der Waals surface area contributed by atoms with Crippen LogP contribution < -0.4 is 0 Å². The highest BCUT2D eigenvalue weighted by atomic mass is 35.5. The van der Waals surface area contributed by atoms with Crippen molar-refractivity contribution in [3.63, 3.8) is 0 Å². The zero-order chi connectivity index (χ0) is 11.9. The SMILES string of the molecule is OC[C@@H]1C[C@@H]1c1ccc(Cl)c(C(F)(F)F)c1. The first-order valence-corrected chi connectivity index (χ1v) is 5.28. The van der Waals surface area contributed by atoms with Gasteiger partial charge in [0.15, 0.2) is 0 Å².